The molecule has 132 valence electrons. The van der Waals surface area contributed by atoms with E-state index in [0.717, 1.165) is 31.1 Å². The summed E-state index contributed by atoms with van der Waals surface area (Å²) in [4.78, 5) is 23.3. The molecule has 1 saturated carbocycles. The van der Waals surface area contributed by atoms with Crippen LogP contribution in [0.25, 0.3) is 0 Å². The van der Waals surface area contributed by atoms with E-state index in [4.69, 9.17) is 15.3 Å². The van der Waals surface area contributed by atoms with Crippen LogP contribution in [0.2, 0.25) is 0 Å². The highest BCUT2D eigenvalue weighted by Gasteiger charge is 2.24. The minimum absolute atomic E-state index is 0.111. The molecule has 1 aliphatic heterocycles. The van der Waals surface area contributed by atoms with Crippen molar-refractivity contribution in [2.24, 2.45) is 5.92 Å². The average molecular weight is 334 g/mol. The van der Waals surface area contributed by atoms with Crippen molar-refractivity contribution in [3.8, 4) is 0 Å². The second kappa shape index (κ2) is 8.78. The van der Waals surface area contributed by atoms with Crippen LogP contribution >= 0.6 is 0 Å². The third-order valence-electron chi connectivity index (χ3n) is 4.67. The fraction of sp³-hybridized carbons (Fsp3) is 0.611. The maximum absolute atomic E-state index is 12.5. The number of nitrogens with zero attached hydrogens (tertiary/aromatic N) is 2. The zero-order chi connectivity index (χ0) is 17.5. The van der Waals surface area contributed by atoms with Gasteiger partial charge in [-0.3, -0.25) is 4.79 Å². The van der Waals surface area contributed by atoms with E-state index >= 15 is 0 Å². The van der Waals surface area contributed by atoms with Gasteiger partial charge < -0.3 is 10.1 Å². The van der Waals surface area contributed by atoms with E-state index in [1.807, 2.05) is 12.1 Å². The van der Waals surface area contributed by atoms with E-state index < -0.39 is 5.09 Å². The smallest absolute Gasteiger partial charge is 0.291 e. The minimum atomic E-state index is -1.50. The van der Waals surface area contributed by atoms with E-state index in [-0.39, 0.29) is 5.92 Å². The summed E-state index contributed by atoms with van der Waals surface area (Å²) in [5.41, 5.74) is 2.30. The molecule has 0 aromatic heterocycles. The summed E-state index contributed by atoms with van der Waals surface area (Å²) in [6.45, 7) is 5.32. The fourth-order valence-corrected chi connectivity index (χ4v) is 3.23. The number of Topliss-reactive ketones (excluding diaryl/α,β-unsaturated/α-hetero) is 1. The molecule has 2 fully saturated rings. The number of hydrogen-bond acceptors (Lipinski definition) is 4. The van der Waals surface area contributed by atoms with Gasteiger partial charge in [0.15, 0.2) is 5.78 Å². The molecule has 24 heavy (non-hydrogen) atoms. The summed E-state index contributed by atoms with van der Waals surface area (Å²) in [5, 5.41) is 13.6. The van der Waals surface area contributed by atoms with Crippen molar-refractivity contribution < 1.29 is 15.1 Å². The van der Waals surface area contributed by atoms with Crippen molar-refractivity contribution in [1.82, 2.24) is 4.90 Å². The van der Waals surface area contributed by atoms with Crippen molar-refractivity contribution in [2.45, 2.75) is 44.9 Å². The van der Waals surface area contributed by atoms with Crippen LogP contribution in [0.15, 0.2) is 24.3 Å². The normalized spacial score (nSPS) is 19.0. The van der Waals surface area contributed by atoms with Gasteiger partial charge in [0.2, 0.25) is 0 Å². The molecule has 0 bridgehead atoms. The highest BCUT2D eigenvalue weighted by Crippen LogP contribution is 2.39. The summed E-state index contributed by atoms with van der Waals surface area (Å²) in [6, 6.07) is 8.36. The number of carbonyl (C=O) groups excluding carboxylic acids is 1. The topological polar surface area (TPSA) is 83.7 Å². The first kappa shape index (κ1) is 18.4. The van der Waals surface area contributed by atoms with Crippen molar-refractivity contribution in [3.05, 3.63) is 45.5 Å². The Kier molecular flexibility index (Phi) is 6.73. The Morgan fingerprint density at radius 3 is 2.29 bits per heavy atom. The number of benzene rings is 1. The fourth-order valence-electron chi connectivity index (χ4n) is 3.23. The van der Waals surface area contributed by atoms with Crippen LogP contribution in [0.5, 0.6) is 0 Å². The second-order valence-corrected chi connectivity index (χ2v) is 6.76. The van der Waals surface area contributed by atoms with E-state index in [1.54, 1.807) is 0 Å². The highest BCUT2D eigenvalue weighted by molar-refractivity contribution is 5.97. The van der Waals surface area contributed by atoms with Crippen molar-refractivity contribution in [2.75, 3.05) is 19.6 Å². The lowest BCUT2D eigenvalue weighted by atomic mass is 9.96. The standard InChI is InChI=1S/C18H25NO.HNO3/c1-14(13-19-11-3-2-4-12-19)18(20)17-9-7-16(8-10-17)15-5-6-15;2-1(3)4/h7-10,14-15H,2-6,11-13H2,1H3;(H,2,3,4). The van der Waals surface area contributed by atoms with Gasteiger partial charge >= 0.3 is 0 Å². The van der Waals surface area contributed by atoms with Gasteiger partial charge in [0, 0.05) is 18.0 Å². The summed E-state index contributed by atoms with van der Waals surface area (Å²) >= 11 is 0. The van der Waals surface area contributed by atoms with Crippen LogP contribution in [0.3, 0.4) is 0 Å². The molecular weight excluding hydrogens is 308 g/mol. The Bertz CT molecular complexity index is 545. The quantitative estimate of drug-likeness (QED) is 0.506. The van der Waals surface area contributed by atoms with Gasteiger partial charge in [0.25, 0.3) is 5.09 Å². The molecule has 3 rings (SSSR count). The molecule has 0 amide bonds. The van der Waals surface area contributed by atoms with Crippen LogP contribution < -0.4 is 0 Å². The van der Waals surface area contributed by atoms with Crippen LogP contribution in [-0.2, 0) is 0 Å². The molecule has 6 heteroatoms. The van der Waals surface area contributed by atoms with E-state index in [2.05, 4.69) is 24.0 Å². The van der Waals surface area contributed by atoms with Crippen LogP contribution in [-0.4, -0.2) is 40.6 Å². The first-order valence-electron chi connectivity index (χ1n) is 8.67. The number of ketones is 1. The Hall–Kier alpha value is -1.95. The summed E-state index contributed by atoms with van der Waals surface area (Å²) in [6.07, 6.45) is 6.56. The minimum Gasteiger partial charge on any atom is -0.328 e. The van der Waals surface area contributed by atoms with Gasteiger partial charge in [-0.15, -0.1) is 10.1 Å². The van der Waals surface area contributed by atoms with Crippen molar-refractivity contribution in [1.29, 1.82) is 0 Å². The Morgan fingerprint density at radius 2 is 1.79 bits per heavy atom. The van der Waals surface area contributed by atoms with Crippen LogP contribution in [0, 0.1) is 16.0 Å². The third kappa shape index (κ3) is 5.92. The predicted molar refractivity (Wildman–Crippen MR) is 91.0 cm³/mol. The largest absolute Gasteiger partial charge is 0.328 e. The third-order valence-corrected chi connectivity index (χ3v) is 4.67. The Morgan fingerprint density at radius 1 is 1.25 bits per heavy atom. The van der Waals surface area contributed by atoms with Gasteiger partial charge in [0.05, 0.1) is 0 Å². The highest BCUT2D eigenvalue weighted by atomic mass is 16.9. The summed E-state index contributed by atoms with van der Waals surface area (Å²) in [7, 11) is 0. The van der Waals surface area contributed by atoms with Crippen molar-refractivity contribution >= 4 is 5.78 Å². The molecule has 1 N–H and O–H groups in total. The predicted octanol–water partition coefficient (Wildman–Crippen LogP) is 3.52. The van der Waals surface area contributed by atoms with E-state index in [0.29, 0.717) is 5.78 Å². The maximum atomic E-state index is 12.5. The average Bonchev–Trinajstić information content (AvgIpc) is 3.40. The Labute approximate surface area is 142 Å². The number of hydrogen-bond donors (Lipinski definition) is 1. The number of rotatable bonds is 5. The first-order valence-corrected chi connectivity index (χ1v) is 8.67. The molecule has 1 atom stereocenters. The van der Waals surface area contributed by atoms with Crippen molar-refractivity contribution in [3.63, 3.8) is 0 Å². The molecule has 1 saturated heterocycles. The Balaban J connectivity index is 0.000000471. The SMILES string of the molecule is CC(CN1CCCCC1)C(=O)c1ccc(C2CC2)cc1.O=[N+]([O-])O. The van der Waals surface area contributed by atoms with Crippen LogP contribution in [0.4, 0.5) is 0 Å². The summed E-state index contributed by atoms with van der Waals surface area (Å²) in [5.74, 6) is 1.18. The first-order chi connectivity index (χ1) is 11.5. The molecule has 1 aliphatic carbocycles. The zero-order valence-corrected chi connectivity index (χ0v) is 14.2. The number of likely N-dealkylation sites (tertiary alicyclic amines) is 1. The van der Waals surface area contributed by atoms with Gasteiger partial charge in [0.1, 0.15) is 0 Å². The molecule has 1 heterocycles. The lowest BCUT2D eigenvalue weighted by molar-refractivity contribution is -0.742. The number of piperidine rings is 1. The lowest BCUT2D eigenvalue weighted by Gasteiger charge is -2.28. The maximum Gasteiger partial charge on any atom is 0.291 e. The molecule has 6 nitrogen and oxygen atoms in total. The zero-order valence-electron chi connectivity index (χ0n) is 14.2. The molecule has 0 radical (unpaired) electrons. The molecule has 0 spiro atoms. The van der Waals surface area contributed by atoms with Gasteiger partial charge in [-0.25, -0.2) is 0 Å². The van der Waals surface area contributed by atoms with E-state index in [1.165, 1.54) is 37.7 Å². The molecular formula is C18H26N2O4. The molecule has 1 aromatic carbocycles. The van der Waals surface area contributed by atoms with E-state index in [9.17, 15) is 4.79 Å². The monoisotopic (exact) mass is 334 g/mol. The second-order valence-electron chi connectivity index (χ2n) is 6.76. The van der Waals surface area contributed by atoms with Gasteiger partial charge in [-0.1, -0.05) is 37.6 Å². The lowest BCUT2D eigenvalue weighted by Crippen LogP contribution is -2.35. The van der Waals surface area contributed by atoms with Crippen LogP contribution in [0.1, 0.15) is 60.9 Å². The van der Waals surface area contributed by atoms with Gasteiger partial charge in [-0.2, -0.15) is 0 Å². The molecule has 1 unspecified atom stereocenters. The molecule has 1 aromatic rings. The number of carbonyl (C=O) groups is 1. The van der Waals surface area contributed by atoms with Gasteiger partial charge in [-0.05, 0) is 50.3 Å². The molecule has 2 aliphatic rings. The summed E-state index contributed by atoms with van der Waals surface area (Å²) < 4.78 is 0.